The topological polar surface area (TPSA) is 172 Å². The van der Waals surface area contributed by atoms with E-state index in [0.717, 1.165) is 0 Å². The molecule has 118 valence electrons. The maximum atomic E-state index is 10.5. The molecule has 22 heavy (non-hydrogen) atoms. The van der Waals surface area contributed by atoms with Crippen molar-refractivity contribution in [2.24, 2.45) is 14.1 Å². The van der Waals surface area contributed by atoms with Crippen molar-refractivity contribution in [2.75, 3.05) is 23.7 Å². The molecular formula is C8H12N10O4. The fourth-order valence-corrected chi connectivity index (χ4v) is 1.55. The van der Waals surface area contributed by atoms with Gasteiger partial charge >= 0.3 is 23.8 Å². The van der Waals surface area contributed by atoms with Crippen LogP contribution in [0.5, 0.6) is 0 Å². The summed E-state index contributed by atoms with van der Waals surface area (Å²) in [5.41, 5.74) is 0. The summed E-state index contributed by atoms with van der Waals surface area (Å²) >= 11 is 0. The Bertz CT molecular complexity index is 646. The molecule has 0 aromatic carbocycles. The third-order valence-corrected chi connectivity index (χ3v) is 2.52. The van der Waals surface area contributed by atoms with E-state index in [1.807, 2.05) is 0 Å². The predicted octanol–water partition coefficient (Wildman–Crippen LogP) is -0.716. The summed E-state index contributed by atoms with van der Waals surface area (Å²) in [5.74, 6) is -0.529. The SMILES string of the molecule is Cn1nc([N+](=O)[O-])nc1NCCNc1nc([N+](=O)[O-])nn1C. The lowest BCUT2D eigenvalue weighted by Gasteiger charge is -2.02. The Balaban J connectivity index is 1.87. The Kier molecular flexibility index (Phi) is 4.10. The highest BCUT2D eigenvalue weighted by Gasteiger charge is 2.20. The maximum Gasteiger partial charge on any atom is 0.493 e. The van der Waals surface area contributed by atoms with E-state index in [2.05, 4.69) is 30.8 Å². The van der Waals surface area contributed by atoms with E-state index in [0.29, 0.717) is 13.1 Å². The highest BCUT2D eigenvalue weighted by molar-refractivity contribution is 5.31. The van der Waals surface area contributed by atoms with Gasteiger partial charge in [-0.05, 0) is 19.8 Å². The summed E-state index contributed by atoms with van der Waals surface area (Å²) in [5, 5.41) is 34.0. The molecule has 0 unspecified atom stereocenters. The average Bonchev–Trinajstić information content (AvgIpc) is 2.99. The minimum absolute atomic E-state index is 0.234. The van der Waals surface area contributed by atoms with Crippen molar-refractivity contribution >= 4 is 23.8 Å². The summed E-state index contributed by atoms with van der Waals surface area (Å²) < 4.78 is 2.48. The first-order chi connectivity index (χ1) is 10.4. The molecule has 0 spiro atoms. The van der Waals surface area contributed by atoms with Crippen molar-refractivity contribution in [1.82, 2.24) is 29.5 Å². The molecule has 2 aromatic rings. The molecule has 0 atom stereocenters. The van der Waals surface area contributed by atoms with Crippen molar-refractivity contribution in [3.63, 3.8) is 0 Å². The molecule has 0 amide bonds. The third kappa shape index (κ3) is 3.22. The Morgan fingerprint density at radius 2 is 1.27 bits per heavy atom. The van der Waals surface area contributed by atoms with E-state index in [1.165, 1.54) is 23.5 Å². The van der Waals surface area contributed by atoms with E-state index in [4.69, 9.17) is 0 Å². The number of nitro groups is 2. The fraction of sp³-hybridized carbons (Fsp3) is 0.500. The zero-order valence-electron chi connectivity index (χ0n) is 11.6. The van der Waals surface area contributed by atoms with Crippen LogP contribution >= 0.6 is 0 Å². The van der Waals surface area contributed by atoms with Crippen LogP contribution in [0.3, 0.4) is 0 Å². The third-order valence-electron chi connectivity index (χ3n) is 2.52. The number of nitrogens with one attached hydrogen (secondary N) is 2. The lowest BCUT2D eigenvalue weighted by Crippen LogP contribution is -2.17. The second-order valence-corrected chi connectivity index (χ2v) is 4.09. The van der Waals surface area contributed by atoms with Gasteiger partial charge in [0.15, 0.2) is 0 Å². The lowest BCUT2D eigenvalue weighted by atomic mass is 10.6. The van der Waals surface area contributed by atoms with Gasteiger partial charge < -0.3 is 30.9 Å². The molecule has 2 heterocycles. The van der Waals surface area contributed by atoms with Crippen LogP contribution in [0.4, 0.5) is 23.8 Å². The number of aryl methyl sites for hydroxylation is 2. The molecule has 0 aliphatic rings. The Labute approximate surface area is 122 Å². The van der Waals surface area contributed by atoms with Gasteiger partial charge in [0, 0.05) is 37.4 Å². The van der Waals surface area contributed by atoms with Crippen LogP contribution < -0.4 is 10.6 Å². The van der Waals surface area contributed by atoms with Crippen LogP contribution in [-0.2, 0) is 14.1 Å². The van der Waals surface area contributed by atoms with Crippen LogP contribution in [0.1, 0.15) is 0 Å². The first-order valence-corrected chi connectivity index (χ1v) is 5.97. The van der Waals surface area contributed by atoms with Crippen LogP contribution in [0, 0.1) is 20.2 Å². The molecule has 2 aromatic heterocycles. The van der Waals surface area contributed by atoms with Gasteiger partial charge in [0.05, 0.1) is 0 Å². The first kappa shape index (κ1) is 15.1. The van der Waals surface area contributed by atoms with Crippen molar-refractivity contribution < 1.29 is 9.85 Å². The minimum Gasteiger partial charge on any atom is -0.390 e. The number of anilines is 2. The minimum atomic E-state index is -0.692. The summed E-state index contributed by atoms with van der Waals surface area (Å²) in [4.78, 5) is 27.1. The van der Waals surface area contributed by atoms with Gasteiger partial charge in [0.1, 0.15) is 0 Å². The van der Waals surface area contributed by atoms with Crippen molar-refractivity contribution in [2.45, 2.75) is 0 Å². The van der Waals surface area contributed by atoms with E-state index in [1.54, 1.807) is 0 Å². The molecule has 0 aliphatic heterocycles. The molecule has 0 saturated carbocycles. The van der Waals surface area contributed by atoms with Gasteiger partial charge in [-0.1, -0.05) is 0 Å². The zero-order valence-corrected chi connectivity index (χ0v) is 11.6. The first-order valence-electron chi connectivity index (χ1n) is 5.97. The number of aromatic nitrogens is 6. The van der Waals surface area contributed by atoms with Gasteiger partial charge in [-0.25, -0.2) is 0 Å². The molecule has 0 fully saturated rings. The molecule has 0 aliphatic carbocycles. The Morgan fingerprint density at radius 1 is 0.909 bits per heavy atom. The van der Waals surface area contributed by atoms with Crippen molar-refractivity contribution in [1.29, 1.82) is 0 Å². The van der Waals surface area contributed by atoms with Gasteiger partial charge in [0.2, 0.25) is 0 Å². The monoisotopic (exact) mass is 312 g/mol. The highest BCUT2D eigenvalue weighted by Crippen LogP contribution is 2.10. The van der Waals surface area contributed by atoms with E-state index in [-0.39, 0.29) is 11.9 Å². The smallest absolute Gasteiger partial charge is 0.390 e. The molecular weight excluding hydrogens is 300 g/mol. The largest absolute Gasteiger partial charge is 0.493 e. The molecule has 14 nitrogen and oxygen atoms in total. The van der Waals surface area contributed by atoms with Crippen molar-refractivity contribution in [3.05, 3.63) is 20.2 Å². The molecule has 14 heteroatoms. The summed E-state index contributed by atoms with van der Waals surface area (Å²) in [6.45, 7) is 0.675. The quantitative estimate of drug-likeness (QED) is 0.377. The van der Waals surface area contributed by atoms with Crippen LogP contribution in [0.25, 0.3) is 0 Å². The number of hydrogen-bond acceptors (Lipinski definition) is 10. The predicted molar refractivity (Wildman–Crippen MR) is 72.3 cm³/mol. The lowest BCUT2D eigenvalue weighted by molar-refractivity contribution is -0.394. The molecule has 2 N–H and O–H groups in total. The fourth-order valence-electron chi connectivity index (χ4n) is 1.55. The zero-order chi connectivity index (χ0) is 16.3. The normalized spacial score (nSPS) is 10.5. The molecule has 0 saturated heterocycles. The Morgan fingerprint density at radius 3 is 1.55 bits per heavy atom. The van der Waals surface area contributed by atoms with Crippen LogP contribution in [0.15, 0.2) is 0 Å². The molecule has 0 radical (unpaired) electrons. The highest BCUT2D eigenvalue weighted by atomic mass is 16.6. The van der Waals surface area contributed by atoms with Gasteiger partial charge in [-0.3, -0.25) is 0 Å². The summed E-state index contributed by atoms with van der Waals surface area (Å²) in [6, 6.07) is 0. The molecule has 2 rings (SSSR count). The number of rotatable bonds is 7. The number of hydrogen-bond donors (Lipinski definition) is 2. The summed E-state index contributed by atoms with van der Waals surface area (Å²) in [7, 11) is 3.03. The van der Waals surface area contributed by atoms with E-state index >= 15 is 0 Å². The summed E-state index contributed by atoms with van der Waals surface area (Å²) in [6.07, 6.45) is 0. The average molecular weight is 312 g/mol. The van der Waals surface area contributed by atoms with Crippen LogP contribution in [-0.4, -0.2) is 52.5 Å². The van der Waals surface area contributed by atoms with Gasteiger partial charge in [-0.2, -0.15) is 9.36 Å². The van der Waals surface area contributed by atoms with Crippen LogP contribution in [0.2, 0.25) is 0 Å². The number of nitrogens with zero attached hydrogens (tertiary/aromatic N) is 8. The van der Waals surface area contributed by atoms with Gasteiger partial charge in [0.25, 0.3) is 0 Å². The second-order valence-electron chi connectivity index (χ2n) is 4.09. The van der Waals surface area contributed by atoms with E-state index in [9.17, 15) is 20.2 Å². The van der Waals surface area contributed by atoms with Crippen molar-refractivity contribution in [3.8, 4) is 0 Å². The maximum absolute atomic E-state index is 10.5. The Hall–Kier alpha value is -3.32. The molecule has 0 bridgehead atoms. The van der Waals surface area contributed by atoms with E-state index < -0.39 is 21.7 Å². The van der Waals surface area contributed by atoms with Gasteiger partial charge in [-0.15, -0.1) is 0 Å². The standard InChI is InChI=1S/C8H12N10O4/c1-15-5(11-7(13-15)17(19)20)9-3-4-10-6-12-8(18(21)22)14-16(6)2/h3-4H2,1-2H3,(H,9,11,13)(H,10,12,14). The second kappa shape index (κ2) is 5.98.